The number of nitrogens with one attached hydrogen (secondary N) is 1. The van der Waals surface area contributed by atoms with Crippen LogP contribution in [0.3, 0.4) is 0 Å². The minimum atomic E-state index is -0.298. The molecule has 0 aliphatic heterocycles. The first-order valence-corrected chi connectivity index (χ1v) is 11.1. The van der Waals surface area contributed by atoms with E-state index in [4.69, 9.17) is 18.9 Å². The van der Waals surface area contributed by atoms with Crippen LogP contribution < -0.4 is 24.3 Å². The lowest BCUT2D eigenvalue weighted by Gasteiger charge is -2.18. The fourth-order valence-corrected chi connectivity index (χ4v) is 3.40. The maximum absolute atomic E-state index is 12.8. The van der Waals surface area contributed by atoms with Gasteiger partial charge in [0.1, 0.15) is 11.5 Å². The highest BCUT2D eigenvalue weighted by Gasteiger charge is 2.13. The van der Waals surface area contributed by atoms with Crippen LogP contribution >= 0.6 is 0 Å². The van der Waals surface area contributed by atoms with Crippen molar-refractivity contribution in [1.82, 2.24) is 4.90 Å². The van der Waals surface area contributed by atoms with Crippen LogP contribution in [0.25, 0.3) is 0 Å². The summed E-state index contributed by atoms with van der Waals surface area (Å²) in [6, 6.07) is 19.5. The van der Waals surface area contributed by atoms with E-state index in [1.165, 1.54) is 0 Å². The molecule has 0 saturated carbocycles. The third-order valence-electron chi connectivity index (χ3n) is 5.36. The maximum atomic E-state index is 12.8. The van der Waals surface area contributed by atoms with Gasteiger partial charge in [0.15, 0.2) is 18.1 Å². The number of benzene rings is 3. The van der Waals surface area contributed by atoms with Crippen molar-refractivity contribution in [2.75, 3.05) is 46.8 Å². The summed E-state index contributed by atoms with van der Waals surface area (Å²) >= 11 is 0. The quantitative estimate of drug-likeness (QED) is 0.448. The van der Waals surface area contributed by atoms with Gasteiger partial charge in [0.2, 0.25) is 0 Å². The van der Waals surface area contributed by atoms with E-state index < -0.39 is 0 Å². The maximum Gasteiger partial charge on any atom is 0.262 e. The summed E-state index contributed by atoms with van der Waals surface area (Å²) in [6.45, 7) is 0.382. The van der Waals surface area contributed by atoms with Crippen LogP contribution in [0.15, 0.2) is 66.7 Å². The first kappa shape index (κ1) is 25.4. The minimum absolute atomic E-state index is 0.104. The lowest BCUT2D eigenvalue weighted by Crippen LogP contribution is -2.28. The number of carbonyl (C=O) groups excluding carboxylic acids is 2. The third-order valence-corrected chi connectivity index (χ3v) is 5.36. The van der Waals surface area contributed by atoms with Crippen LogP contribution in [0.1, 0.15) is 15.9 Å². The SMILES string of the molecule is COc1cccc(NC(=O)COc2ccc(C(=O)N(C)CCc3ccc(OC)c(OC)c3)cc2)c1. The highest BCUT2D eigenvalue weighted by atomic mass is 16.5. The summed E-state index contributed by atoms with van der Waals surface area (Å²) in [5, 5.41) is 2.75. The second-order valence-electron chi connectivity index (χ2n) is 7.76. The van der Waals surface area contributed by atoms with E-state index in [2.05, 4.69) is 5.32 Å². The zero-order chi connectivity index (χ0) is 25.2. The van der Waals surface area contributed by atoms with Gasteiger partial charge in [-0.2, -0.15) is 0 Å². The Hall–Kier alpha value is -4.20. The normalized spacial score (nSPS) is 10.3. The van der Waals surface area contributed by atoms with E-state index in [0.717, 1.165) is 5.56 Å². The first-order valence-electron chi connectivity index (χ1n) is 11.1. The van der Waals surface area contributed by atoms with E-state index in [9.17, 15) is 9.59 Å². The molecular formula is C27H30N2O6. The van der Waals surface area contributed by atoms with Crippen molar-refractivity contribution < 1.29 is 28.5 Å². The number of hydrogen-bond acceptors (Lipinski definition) is 6. The van der Waals surface area contributed by atoms with Crippen LogP contribution in [0, 0.1) is 0 Å². The molecule has 0 unspecified atom stereocenters. The number of hydrogen-bond donors (Lipinski definition) is 1. The molecule has 3 rings (SSSR count). The molecule has 3 aromatic rings. The molecule has 35 heavy (non-hydrogen) atoms. The van der Waals surface area contributed by atoms with Crippen LogP contribution in [0.4, 0.5) is 5.69 Å². The molecule has 3 aromatic carbocycles. The highest BCUT2D eigenvalue weighted by molar-refractivity contribution is 5.94. The van der Waals surface area contributed by atoms with Crippen LogP contribution in [0.2, 0.25) is 0 Å². The van der Waals surface area contributed by atoms with E-state index in [0.29, 0.717) is 47.2 Å². The number of nitrogens with zero attached hydrogens (tertiary/aromatic N) is 1. The summed E-state index contributed by atoms with van der Waals surface area (Å²) < 4.78 is 21.3. The number of ether oxygens (including phenoxy) is 4. The van der Waals surface area contributed by atoms with Gasteiger partial charge in [-0.1, -0.05) is 12.1 Å². The molecule has 184 valence electrons. The van der Waals surface area contributed by atoms with Gasteiger partial charge >= 0.3 is 0 Å². The Morgan fingerprint density at radius 2 is 1.57 bits per heavy atom. The van der Waals surface area contributed by atoms with Crippen molar-refractivity contribution in [3.8, 4) is 23.0 Å². The molecule has 8 heteroatoms. The van der Waals surface area contributed by atoms with Gasteiger partial charge in [-0.25, -0.2) is 0 Å². The molecule has 0 radical (unpaired) electrons. The van der Waals surface area contributed by atoms with Crippen LogP contribution in [0.5, 0.6) is 23.0 Å². The topological polar surface area (TPSA) is 86.3 Å². The average Bonchev–Trinajstić information content (AvgIpc) is 2.90. The fourth-order valence-electron chi connectivity index (χ4n) is 3.40. The molecule has 1 N–H and O–H groups in total. The number of methoxy groups -OCH3 is 3. The highest BCUT2D eigenvalue weighted by Crippen LogP contribution is 2.27. The van der Waals surface area contributed by atoms with E-state index >= 15 is 0 Å². The molecule has 8 nitrogen and oxygen atoms in total. The molecule has 0 saturated heterocycles. The Bertz CT molecular complexity index is 1150. The van der Waals surface area contributed by atoms with Crippen molar-refractivity contribution in [1.29, 1.82) is 0 Å². The Morgan fingerprint density at radius 3 is 2.26 bits per heavy atom. The molecule has 0 spiro atoms. The smallest absolute Gasteiger partial charge is 0.262 e. The van der Waals surface area contributed by atoms with E-state index in [1.807, 2.05) is 18.2 Å². The van der Waals surface area contributed by atoms with Crippen molar-refractivity contribution in [2.45, 2.75) is 6.42 Å². The Kier molecular flexibility index (Phi) is 8.95. The number of carbonyl (C=O) groups is 2. The Balaban J connectivity index is 1.49. The minimum Gasteiger partial charge on any atom is -0.497 e. The summed E-state index contributed by atoms with van der Waals surface area (Å²) in [5.74, 6) is 2.07. The van der Waals surface area contributed by atoms with Crippen LogP contribution in [-0.4, -0.2) is 58.2 Å². The van der Waals surface area contributed by atoms with E-state index in [1.54, 1.807) is 81.8 Å². The van der Waals surface area contributed by atoms with Gasteiger partial charge in [0.25, 0.3) is 11.8 Å². The molecule has 0 aliphatic rings. The van der Waals surface area contributed by atoms with Crippen molar-refractivity contribution in [3.63, 3.8) is 0 Å². The predicted octanol–water partition coefficient (Wildman–Crippen LogP) is 4.04. The van der Waals surface area contributed by atoms with Crippen molar-refractivity contribution in [2.24, 2.45) is 0 Å². The molecule has 0 fully saturated rings. The lowest BCUT2D eigenvalue weighted by atomic mass is 10.1. The number of amides is 2. The van der Waals surface area contributed by atoms with Gasteiger partial charge in [-0.15, -0.1) is 0 Å². The molecule has 0 aliphatic carbocycles. The van der Waals surface area contributed by atoms with Gasteiger partial charge in [-0.3, -0.25) is 9.59 Å². The molecule has 2 amide bonds. The number of anilines is 1. The monoisotopic (exact) mass is 478 g/mol. The molecule has 0 aromatic heterocycles. The molecular weight excluding hydrogens is 448 g/mol. The van der Waals surface area contributed by atoms with E-state index in [-0.39, 0.29) is 18.4 Å². The third kappa shape index (κ3) is 7.14. The first-order chi connectivity index (χ1) is 16.9. The Morgan fingerprint density at radius 1 is 0.829 bits per heavy atom. The average molecular weight is 479 g/mol. The second-order valence-corrected chi connectivity index (χ2v) is 7.76. The molecule has 0 atom stereocenters. The van der Waals surface area contributed by atoms with Gasteiger partial charge in [0.05, 0.1) is 21.3 Å². The summed E-state index contributed by atoms with van der Waals surface area (Å²) in [5.41, 5.74) is 2.20. The van der Waals surface area contributed by atoms with Gasteiger partial charge in [-0.05, 0) is 60.5 Å². The standard InChI is InChI=1S/C27H30N2O6/c1-29(15-14-19-8-13-24(33-3)25(16-19)34-4)27(31)20-9-11-22(12-10-20)35-18-26(30)28-21-6-5-7-23(17-21)32-2/h5-13,16-17H,14-15,18H2,1-4H3,(H,28,30). The zero-order valence-electron chi connectivity index (χ0n) is 20.4. The van der Waals surface area contributed by atoms with Crippen molar-refractivity contribution in [3.05, 3.63) is 77.9 Å². The predicted molar refractivity (Wildman–Crippen MR) is 134 cm³/mol. The summed E-state index contributed by atoms with van der Waals surface area (Å²) in [7, 11) is 6.51. The number of likely N-dealkylation sites (N-methyl/N-ethyl adjacent to an activating group) is 1. The number of rotatable bonds is 11. The molecule has 0 bridgehead atoms. The van der Waals surface area contributed by atoms with Crippen molar-refractivity contribution >= 4 is 17.5 Å². The van der Waals surface area contributed by atoms with Crippen LogP contribution in [-0.2, 0) is 11.2 Å². The largest absolute Gasteiger partial charge is 0.497 e. The lowest BCUT2D eigenvalue weighted by molar-refractivity contribution is -0.118. The fraction of sp³-hybridized carbons (Fsp3) is 0.259. The van der Waals surface area contributed by atoms with Gasteiger partial charge in [0, 0.05) is 30.9 Å². The Labute approximate surface area is 205 Å². The second kappa shape index (κ2) is 12.3. The zero-order valence-corrected chi connectivity index (χ0v) is 20.4. The summed E-state index contributed by atoms with van der Waals surface area (Å²) in [4.78, 5) is 26.6. The summed E-state index contributed by atoms with van der Waals surface area (Å²) in [6.07, 6.45) is 0.673. The van der Waals surface area contributed by atoms with Gasteiger partial charge < -0.3 is 29.2 Å². The molecule has 0 heterocycles.